The van der Waals surface area contributed by atoms with Crippen LogP contribution in [0.1, 0.15) is 44.9 Å². The Bertz CT molecular complexity index is 925. The van der Waals surface area contributed by atoms with E-state index in [1.54, 1.807) is 26.8 Å². The molecule has 3 amide bonds. The summed E-state index contributed by atoms with van der Waals surface area (Å²) in [5, 5.41) is 5.68. The maximum absolute atomic E-state index is 11.8. The van der Waals surface area contributed by atoms with Crippen molar-refractivity contribution in [3.63, 3.8) is 0 Å². The molecule has 1 aromatic heterocycles. The molecule has 0 saturated carbocycles. The zero-order chi connectivity index (χ0) is 21.0. The lowest BCUT2D eigenvalue weighted by Gasteiger charge is -2.20. The molecule has 2 aromatic rings. The number of esters is 1. The van der Waals surface area contributed by atoms with Gasteiger partial charge in [0.05, 0.1) is 0 Å². The number of amides is 3. The Labute approximate surface area is 168 Å². The van der Waals surface area contributed by atoms with Gasteiger partial charge < -0.3 is 19.2 Å². The Morgan fingerprint density at radius 2 is 1.86 bits per heavy atom. The van der Waals surface area contributed by atoms with Crippen LogP contribution < -0.4 is 15.4 Å². The third kappa shape index (κ3) is 5.73. The first-order chi connectivity index (χ1) is 13.7. The predicted molar refractivity (Wildman–Crippen MR) is 106 cm³/mol. The highest BCUT2D eigenvalue weighted by Gasteiger charge is 2.19. The van der Waals surface area contributed by atoms with Crippen LogP contribution in [-0.2, 0) is 27.2 Å². The Balaban J connectivity index is 1.47. The molecule has 3 rings (SSSR count). The van der Waals surface area contributed by atoms with Gasteiger partial charge in [0.25, 0.3) is 5.91 Å². The molecule has 0 fully saturated rings. The fraction of sp³-hybridized carbons (Fsp3) is 0.476. The van der Waals surface area contributed by atoms with E-state index in [-0.39, 0.29) is 6.61 Å². The number of aryl methyl sites for hydroxylation is 2. The number of rotatable bonds is 5. The lowest BCUT2D eigenvalue weighted by Crippen LogP contribution is -2.49. The van der Waals surface area contributed by atoms with Crippen LogP contribution in [0, 0.1) is 0 Å². The third-order valence-electron chi connectivity index (χ3n) is 4.39. The molecule has 2 N–H and O–H groups in total. The van der Waals surface area contributed by atoms with Gasteiger partial charge in [0.15, 0.2) is 13.2 Å². The number of hydrogen-bond acceptors (Lipinski definition) is 6. The topological polar surface area (TPSA) is 107 Å². The first-order valence-corrected chi connectivity index (χ1v) is 9.66. The van der Waals surface area contributed by atoms with Crippen LogP contribution in [0.5, 0.6) is 5.75 Å². The van der Waals surface area contributed by atoms with Gasteiger partial charge in [0, 0.05) is 22.9 Å². The highest BCUT2D eigenvalue weighted by molar-refractivity contribution is 5.95. The molecule has 1 aliphatic rings. The normalized spacial score (nSPS) is 13.5. The van der Waals surface area contributed by atoms with E-state index >= 15 is 0 Å². The molecule has 0 saturated heterocycles. The third-order valence-corrected chi connectivity index (χ3v) is 4.39. The van der Waals surface area contributed by atoms with Crippen molar-refractivity contribution in [2.45, 2.75) is 52.0 Å². The standard InChI is InChI=1S/C21H26N2O6/c1-21(2,3)23-20(26)22-18(24)11-28-19(25)12-27-13-8-9-17-15(10-13)14-6-4-5-7-16(14)29-17/h8-10H,4-7,11-12H2,1-3H3,(H2,22,23,24,26). The maximum Gasteiger partial charge on any atom is 0.344 e. The molecule has 0 unspecified atom stereocenters. The number of carbonyl (C=O) groups is 3. The second-order valence-corrected chi connectivity index (χ2v) is 8.07. The van der Waals surface area contributed by atoms with Crippen LogP contribution >= 0.6 is 0 Å². The Morgan fingerprint density at radius 3 is 2.62 bits per heavy atom. The Kier molecular flexibility index (Phi) is 6.10. The molecule has 0 radical (unpaired) electrons. The van der Waals surface area contributed by atoms with Gasteiger partial charge in [0.1, 0.15) is 17.1 Å². The van der Waals surface area contributed by atoms with Crippen molar-refractivity contribution < 1.29 is 28.3 Å². The molecule has 1 heterocycles. The summed E-state index contributed by atoms with van der Waals surface area (Å²) in [6, 6.07) is 4.77. The van der Waals surface area contributed by atoms with Crippen molar-refractivity contribution in [2.75, 3.05) is 13.2 Å². The van der Waals surface area contributed by atoms with Crippen molar-refractivity contribution in [3.8, 4) is 5.75 Å². The molecule has 0 atom stereocenters. The molecule has 1 aromatic carbocycles. The van der Waals surface area contributed by atoms with Crippen molar-refractivity contribution in [1.29, 1.82) is 0 Å². The molecule has 1 aliphatic carbocycles. The van der Waals surface area contributed by atoms with Gasteiger partial charge in [-0.1, -0.05) is 0 Å². The van der Waals surface area contributed by atoms with Crippen molar-refractivity contribution in [1.82, 2.24) is 10.6 Å². The van der Waals surface area contributed by atoms with E-state index in [0.717, 1.165) is 42.4 Å². The van der Waals surface area contributed by atoms with E-state index in [4.69, 9.17) is 13.9 Å². The number of hydrogen-bond donors (Lipinski definition) is 2. The summed E-state index contributed by atoms with van der Waals surface area (Å²) >= 11 is 0. The van der Waals surface area contributed by atoms with E-state index in [9.17, 15) is 14.4 Å². The first-order valence-electron chi connectivity index (χ1n) is 9.66. The van der Waals surface area contributed by atoms with Crippen molar-refractivity contribution in [2.24, 2.45) is 0 Å². The van der Waals surface area contributed by atoms with E-state index < -0.39 is 30.1 Å². The second kappa shape index (κ2) is 8.55. The maximum atomic E-state index is 11.8. The van der Waals surface area contributed by atoms with Gasteiger partial charge in [-0.05, 0) is 58.2 Å². The molecule has 0 aliphatic heterocycles. The monoisotopic (exact) mass is 402 g/mol. The van der Waals surface area contributed by atoms with E-state index in [1.807, 2.05) is 12.1 Å². The highest BCUT2D eigenvalue weighted by atomic mass is 16.6. The summed E-state index contributed by atoms with van der Waals surface area (Å²) in [6.07, 6.45) is 4.19. The minimum Gasteiger partial charge on any atom is -0.482 e. The van der Waals surface area contributed by atoms with Gasteiger partial charge in [0.2, 0.25) is 0 Å². The predicted octanol–water partition coefficient (Wildman–Crippen LogP) is 2.86. The molecule has 0 bridgehead atoms. The molecule has 8 nitrogen and oxygen atoms in total. The fourth-order valence-corrected chi connectivity index (χ4v) is 3.20. The zero-order valence-corrected chi connectivity index (χ0v) is 16.9. The average Bonchev–Trinajstić information content (AvgIpc) is 3.01. The summed E-state index contributed by atoms with van der Waals surface area (Å²) in [7, 11) is 0. The number of nitrogens with one attached hydrogen (secondary N) is 2. The smallest absolute Gasteiger partial charge is 0.344 e. The molecule has 29 heavy (non-hydrogen) atoms. The van der Waals surface area contributed by atoms with Gasteiger partial charge in [-0.2, -0.15) is 0 Å². The first kappa shape index (κ1) is 20.7. The number of carbonyl (C=O) groups excluding carboxylic acids is 3. The number of imide groups is 1. The minimum atomic E-state index is -0.716. The number of benzene rings is 1. The second-order valence-electron chi connectivity index (χ2n) is 8.07. The highest BCUT2D eigenvalue weighted by Crippen LogP contribution is 2.33. The average molecular weight is 402 g/mol. The van der Waals surface area contributed by atoms with Crippen LogP contribution in [-0.4, -0.2) is 36.7 Å². The van der Waals surface area contributed by atoms with Gasteiger partial charge >= 0.3 is 12.0 Å². The summed E-state index contributed by atoms with van der Waals surface area (Å²) in [5.74, 6) is 0.138. The van der Waals surface area contributed by atoms with E-state index in [1.165, 1.54) is 5.56 Å². The van der Waals surface area contributed by atoms with Gasteiger partial charge in [-0.25, -0.2) is 9.59 Å². The molecular weight excluding hydrogens is 376 g/mol. The Morgan fingerprint density at radius 1 is 1.10 bits per heavy atom. The quantitative estimate of drug-likeness (QED) is 0.745. The SMILES string of the molecule is CC(C)(C)NC(=O)NC(=O)COC(=O)COc1ccc2oc3c(c2c1)CCCC3. The summed E-state index contributed by atoms with van der Waals surface area (Å²) in [4.78, 5) is 35.1. The van der Waals surface area contributed by atoms with Gasteiger partial charge in [-0.15, -0.1) is 0 Å². The van der Waals surface area contributed by atoms with Crippen LogP contribution in [0.2, 0.25) is 0 Å². The summed E-state index contributed by atoms with van der Waals surface area (Å²) in [5.41, 5.74) is 1.55. The molecule has 8 heteroatoms. The lowest BCUT2D eigenvalue weighted by molar-refractivity contribution is -0.150. The summed E-state index contributed by atoms with van der Waals surface area (Å²) < 4.78 is 16.2. The number of ether oxygens (including phenoxy) is 2. The molecule has 0 spiro atoms. The Hall–Kier alpha value is -3.03. The molecule has 156 valence electrons. The largest absolute Gasteiger partial charge is 0.482 e. The van der Waals surface area contributed by atoms with Crippen LogP contribution in [0.25, 0.3) is 11.0 Å². The minimum absolute atomic E-state index is 0.340. The number of furan rings is 1. The van der Waals surface area contributed by atoms with E-state index in [0.29, 0.717) is 5.75 Å². The van der Waals surface area contributed by atoms with Crippen molar-refractivity contribution in [3.05, 3.63) is 29.5 Å². The van der Waals surface area contributed by atoms with Crippen LogP contribution in [0.15, 0.2) is 22.6 Å². The number of urea groups is 1. The van der Waals surface area contributed by atoms with Gasteiger partial charge in [-0.3, -0.25) is 10.1 Å². The zero-order valence-electron chi connectivity index (χ0n) is 16.9. The number of fused-ring (bicyclic) bond motifs is 3. The van der Waals surface area contributed by atoms with Crippen LogP contribution in [0.3, 0.4) is 0 Å². The summed E-state index contributed by atoms with van der Waals surface area (Å²) in [6.45, 7) is 4.45. The van der Waals surface area contributed by atoms with Crippen LogP contribution in [0.4, 0.5) is 4.79 Å². The lowest BCUT2D eigenvalue weighted by atomic mass is 9.96. The van der Waals surface area contributed by atoms with E-state index in [2.05, 4.69) is 10.6 Å². The fourth-order valence-electron chi connectivity index (χ4n) is 3.20. The molecular formula is C21H26N2O6. The van der Waals surface area contributed by atoms with Crippen molar-refractivity contribution >= 4 is 28.9 Å².